The van der Waals surface area contributed by atoms with E-state index in [9.17, 15) is 0 Å². The summed E-state index contributed by atoms with van der Waals surface area (Å²) in [4.78, 5) is -0.584. The minimum absolute atomic E-state index is 0.584. The molecule has 1 atom stereocenters. The zero-order valence-electron chi connectivity index (χ0n) is 6.01. The first kappa shape index (κ1) is 15.4. The Bertz CT molecular complexity index is 186. The summed E-state index contributed by atoms with van der Waals surface area (Å²) in [6.07, 6.45) is 0. The molecule has 0 rings (SSSR count). The third-order valence-electron chi connectivity index (χ3n) is 1.20. The first-order valence-electron chi connectivity index (χ1n) is 2.89. The van der Waals surface area contributed by atoms with Gasteiger partial charge in [-0.05, 0) is 0 Å². The summed E-state index contributed by atoms with van der Waals surface area (Å²) >= 11 is 40.9. The molecule has 0 N–H and O–H groups in total. The molecule has 0 fully saturated rings. The van der Waals surface area contributed by atoms with E-state index in [4.69, 9.17) is 77.6 Å². The topological polar surface area (TPSA) is 0 Å². The van der Waals surface area contributed by atoms with Crippen molar-refractivity contribution in [3.8, 4) is 0 Å². The zero-order chi connectivity index (χ0) is 10.9. The van der Waals surface area contributed by atoms with E-state index in [-0.39, 0.29) is 0 Å². The molecular weight excluding hydrogens is 368 g/mol. The summed E-state index contributed by atoms with van der Waals surface area (Å²) < 4.78 is 0. The van der Waals surface area contributed by atoms with Gasteiger partial charge in [0, 0.05) is 4.79 Å². The van der Waals surface area contributed by atoms with Crippen LogP contribution in [0.4, 0.5) is 0 Å². The third kappa shape index (κ3) is 4.85. The number of halogens is 7. The SMILES string of the molecule is C=C[Si](Cl)(Cl)C([Si](Cl)Cl)[Si](Cl)(Cl)Cl. The van der Waals surface area contributed by atoms with Gasteiger partial charge in [-0.1, -0.05) is 5.70 Å². The number of rotatable bonds is 4. The molecule has 10 heteroatoms. The Morgan fingerprint density at radius 2 is 1.46 bits per heavy atom. The summed E-state index contributed by atoms with van der Waals surface area (Å²) in [5.74, 6) is 0. The van der Waals surface area contributed by atoms with Crippen molar-refractivity contribution in [2.45, 2.75) is 4.79 Å². The normalized spacial score (nSPS) is 16.0. The molecule has 0 spiro atoms. The predicted molar refractivity (Wildman–Crippen MR) is 72.2 cm³/mol. The van der Waals surface area contributed by atoms with Gasteiger partial charge in [-0.25, -0.2) is 0 Å². The summed E-state index contributed by atoms with van der Waals surface area (Å²) in [7, 11) is -1.86. The fourth-order valence-corrected chi connectivity index (χ4v) is 32.0. The van der Waals surface area contributed by atoms with Crippen molar-refractivity contribution in [2.24, 2.45) is 0 Å². The van der Waals surface area contributed by atoms with Crippen LogP contribution in [0.2, 0.25) is 4.79 Å². The van der Waals surface area contributed by atoms with Crippen LogP contribution in [-0.4, -0.2) is 20.1 Å². The molecule has 0 amide bonds. The van der Waals surface area contributed by atoms with E-state index in [0.29, 0.717) is 0 Å². The van der Waals surface area contributed by atoms with Crippen LogP contribution in [0.25, 0.3) is 0 Å². The van der Waals surface area contributed by atoms with Gasteiger partial charge in [0.15, 0.2) is 0 Å². The van der Waals surface area contributed by atoms with E-state index < -0.39 is 24.9 Å². The Morgan fingerprint density at radius 3 is 1.54 bits per heavy atom. The maximum Gasteiger partial charge on any atom is 0.344 e. The molecule has 77 valence electrons. The van der Waals surface area contributed by atoms with Crippen LogP contribution in [-0.2, 0) is 0 Å². The lowest BCUT2D eigenvalue weighted by molar-refractivity contribution is 1.75. The van der Waals surface area contributed by atoms with Crippen LogP contribution in [0.3, 0.4) is 0 Å². The van der Waals surface area contributed by atoms with Gasteiger partial charge in [0.05, 0.1) is 0 Å². The van der Waals surface area contributed by atoms with Gasteiger partial charge in [0.25, 0.3) is 14.1 Å². The van der Waals surface area contributed by atoms with Gasteiger partial charge in [-0.3, -0.25) is 0 Å². The lowest BCUT2D eigenvalue weighted by atomic mass is 11.3. The van der Waals surface area contributed by atoms with Crippen molar-refractivity contribution in [3.05, 3.63) is 12.3 Å². The molecule has 0 aliphatic heterocycles. The highest BCUT2D eigenvalue weighted by Gasteiger charge is 2.55. The minimum Gasteiger partial charge on any atom is -0.147 e. The number of hydrogen-bond donors (Lipinski definition) is 0. The minimum atomic E-state index is -3.08. The summed E-state index contributed by atoms with van der Waals surface area (Å²) in [5, 5.41) is 0. The molecule has 0 aliphatic carbocycles. The molecule has 0 aromatic carbocycles. The van der Waals surface area contributed by atoms with Crippen LogP contribution in [0.5, 0.6) is 0 Å². The highest BCUT2D eigenvalue weighted by molar-refractivity contribution is 7.75. The smallest absolute Gasteiger partial charge is 0.147 e. The molecule has 0 aromatic heterocycles. The van der Waals surface area contributed by atoms with Gasteiger partial charge in [-0.15, -0.1) is 84.1 Å². The standard InChI is InChI=1S/C3H4Cl7Si3/c1-2-12(6,7)3(11(4)5)13(8,9)10/h2-3H,1H2. The molecule has 1 unspecified atom stereocenters. The van der Waals surface area contributed by atoms with E-state index >= 15 is 0 Å². The fourth-order valence-electron chi connectivity index (χ4n) is 0.605. The van der Waals surface area contributed by atoms with Crippen molar-refractivity contribution < 1.29 is 0 Å². The second-order valence-corrected chi connectivity index (χ2v) is 23.5. The maximum absolute atomic E-state index is 5.99. The summed E-state index contributed by atoms with van der Waals surface area (Å²) in [6.45, 7) is 0.643. The highest BCUT2D eigenvalue weighted by Crippen LogP contribution is 2.47. The maximum atomic E-state index is 5.99. The molecule has 0 heterocycles. The van der Waals surface area contributed by atoms with Crippen LogP contribution in [0, 0.1) is 0 Å². The monoisotopic (exact) mass is 369 g/mol. The average molecular weight is 372 g/mol. The fraction of sp³-hybridized carbons (Fsp3) is 0.333. The first-order chi connectivity index (χ1) is 5.63. The molecule has 0 nitrogen and oxygen atoms in total. The second kappa shape index (κ2) is 5.66. The molecule has 0 aliphatic rings. The Kier molecular flexibility index (Phi) is 6.71. The first-order valence-corrected chi connectivity index (χ1v) is 15.8. The van der Waals surface area contributed by atoms with Gasteiger partial charge in [0.1, 0.15) is 0 Å². The molecule has 0 saturated carbocycles. The van der Waals surface area contributed by atoms with Crippen LogP contribution < -0.4 is 0 Å². The molecule has 0 aromatic rings. The Balaban J connectivity index is 4.93. The predicted octanol–water partition coefficient (Wildman–Crippen LogP) is 4.70. The van der Waals surface area contributed by atoms with E-state index in [1.54, 1.807) is 0 Å². The largest absolute Gasteiger partial charge is 0.344 e. The molecule has 13 heavy (non-hydrogen) atoms. The van der Waals surface area contributed by atoms with Crippen molar-refractivity contribution in [2.75, 3.05) is 0 Å². The number of hydrogen-bond acceptors (Lipinski definition) is 0. The van der Waals surface area contributed by atoms with Crippen molar-refractivity contribution in [1.29, 1.82) is 0 Å². The van der Waals surface area contributed by atoms with E-state index in [2.05, 4.69) is 6.58 Å². The van der Waals surface area contributed by atoms with Crippen LogP contribution in [0.15, 0.2) is 12.3 Å². The highest BCUT2D eigenvalue weighted by atomic mass is 35.8. The van der Waals surface area contributed by atoms with Crippen molar-refractivity contribution in [3.63, 3.8) is 0 Å². The lowest BCUT2D eigenvalue weighted by Gasteiger charge is -2.28. The third-order valence-corrected chi connectivity index (χ3v) is 23.9. The summed E-state index contributed by atoms with van der Waals surface area (Å²) in [5.41, 5.74) is 1.41. The van der Waals surface area contributed by atoms with Gasteiger partial charge >= 0.3 is 6.00 Å². The quantitative estimate of drug-likeness (QED) is 0.496. The van der Waals surface area contributed by atoms with Gasteiger partial charge in [-0.2, -0.15) is 0 Å². The van der Waals surface area contributed by atoms with Gasteiger partial charge < -0.3 is 0 Å². The van der Waals surface area contributed by atoms with Gasteiger partial charge in [0.2, 0.25) is 0 Å². The Morgan fingerprint density at radius 1 is 1.08 bits per heavy atom. The second-order valence-electron chi connectivity index (χ2n) is 2.14. The molecule has 0 saturated heterocycles. The van der Waals surface area contributed by atoms with Crippen LogP contribution >= 0.6 is 77.6 Å². The van der Waals surface area contributed by atoms with Crippen molar-refractivity contribution >= 4 is 97.7 Å². The Labute approximate surface area is 114 Å². The van der Waals surface area contributed by atoms with E-state index in [1.807, 2.05) is 0 Å². The van der Waals surface area contributed by atoms with E-state index in [1.165, 1.54) is 5.70 Å². The molecular formula is C3H4Cl7Si3. The zero-order valence-corrected chi connectivity index (χ0v) is 14.3. The molecule has 0 bridgehead atoms. The summed E-state index contributed by atoms with van der Waals surface area (Å²) in [6, 6.07) is -3.08. The average Bonchev–Trinajstić information content (AvgIpc) is 1.82. The van der Waals surface area contributed by atoms with Crippen molar-refractivity contribution in [1.82, 2.24) is 0 Å². The van der Waals surface area contributed by atoms with Crippen LogP contribution in [0.1, 0.15) is 0 Å². The molecule has 1 radical (unpaired) electrons. The Hall–Kier alpha value is 2.42. The van der Waals surface area contributed by atoms with E-state index in [0.717, 1.165) is 0 Å². The lowest BCUT2D eigenvalue weighted by Crippen LogP contribution is -2.43.